The molecular weight excluding hydrogens is 162 g/mol. The molecule has 0 spiro atoms. The quantitative estimate of drug-likeness (QED) is 0.449. The zero-order valence-electron chi connectivity index (χ0n) is 8.58. The smallest absolute Gasteiger partial charge is 0.0929 e. The van der Waals surface area contributed by atoms with Gasteiger partial charge in [-0.15, -0.1) is 0 Å². The summed E-state index contributed by atoms with van der Waals surface area (Å²) in [6, 6.07) is 1.27. The third-order valence-electron chi connectivity index (χ3n) is 3.37. The van der Waals surface area contributed by atoms with Crippen molar-refractivity contribution < 1.29 is 0 Å². The second-order valence-corrected chi connectivity index (χ2v) is 4.38. The Hall–Kier alpha value is -0.570. The summed E-state index contributed by atoms with van der Waals surface area (Å²) in [6.07, 6.45) is 2.68. The first kappa shape index (κ1) is 9.00. The number of fused-ring (bicyclic) bond motifs is 1. The van der Waals surface area contributed by atoms with Crippen LogP contribution in [0.1, 0.15) is 26.7 Å². The Morgan fingerprint density at radius 3 is 2.85 bits per heavy atom. The lowest BCUT2D eigenvalue weighted by atomic mass is 10.1. The number of nitrogens with zero attached hydrogens (tertiary/aromatic N) is 2. The molecule has 2 rings (SSSR count). The lowest BCUT2D eigenvalue weighted by molar-refractivity contribution is 0.108. The van der Waals surface area contributed by atoms with Gasteiger partial charge >= 0.3 is 0 Å². The third kappa shape index (κ3) is 1.57. The van der Waals surface area contributed by atoms with Crippen molar-refractivity contribution in [2.45, 2.75) is 38.8 Å². The first-order valence-electron chi connectivity index (χ1n) is 5.24. The molecule has 3 nitrogen and oxygen atoms in total. The Morgan fingerprint density at radius 2 is 2.15 bits per heavy atom. The molecule has 2 saturated heterocycles. The van der Waals surface area contributed by atoms with E-state index < -0.39 is 0 Å². The van der Waals surface area contributed by atoms with Crippen LogP contribution in [0.4, 0.5) is 0 Å². The predicted molar refractivity (Wildman–Crippen MR) is 54.2 cm³/mol. The van der Waals surface area contributed by atoms with E-state index in [1.54, 1.807) is 0 Å². The average molecular weight is 181 g/mol. The van der Waals surface area contributed by atoms with Crippen LogP contribution in [-0.4, -0.2) is 47.4 Å². The zero-order chi connectivity index (χ0) is 9.42. The van der Waals surface area contributed by atoms with Crippen LogP contribution < -0.4 is 0 Å². The molecule has 0 aromatic rings. The van der Waals surface area contributed by atoms with E-state index in [0.29, 0.717) is 6.04 Å². The van der Waals surface area contributed by atoms with Crippen molar-refractivity contribution in [2.75, 3.05) is 19.6 Å². The van der Waals surface area contributed by atoms with Gasteiger partial charge in [-0.2, -0.15) is 0 Å². The molecule has 2 heterocycles. The van der Waals surface area contributed by atoms with Crippen LogP contribution in [0.25, 0.3) is 0 Å². The minimum absolute atomic E-state index is 0.534. The molecule has 0 bridgehead atoms. The molecule has 1 N–H and O–H groups in total. The number of hydrogen-bond donors (Lipinski definition) is 1. The highest BCUT2D eigenvalue weighted by atomic mass is 15.3. The van der Waals surface area contributed by atoms with Crippen molar-refractivity contribution in [1.82, 2.24) is 9.80 Å². The van der Waals surface area contributed by atoms with Gasteiger partial charge in [-0.05, 0) is 33.2 Å². The minimum atomic E-state index is 0.534. The number of rotatable bonds is 0. The summed E-state index contributed by atoms with van der Waals surface area (Å²) in [6.45, 7) is 7.64. The fourth-order valence-electron chi connectivity index (χ4n) is 2.65. The summed E-state index contributed by atoms with van der Waals surface area (Å²) in [5.41, 5.74) is 0. The summed E-state index contributed by atoms with van der Waals surface area (Å²) in [5, 5.41) is 7.68. The van der Waals surface area contributed by atoms with E-state index in [9.17, 15) is 0 Å². The maximum atomic E-state index is 7.68. The normalized spacial score (nSPS) is 34.8. The standard InChI is InChI=1S/C10H19N3/c1-8-6-12-5-3-4-10(12)7-13(8)9(2)11/h8,10-11H,3-7H2,1-2H3. The summed E-state index contributed by atoms with van der Waals surface area (Å²) in [7, 11) is 0. The maximum Gasteiger partial charge on any atom is 0.0929 e. The van der Waals surface area contributed by atoms with E-state index in [-0.39, 0.29) is 0 Å². The highest BCUT2D eigenvalue weighted by Crippen LogP contribution is 2.24. The molecule has 2 unspecified atom stereocenters. The lowest BCUT2D eigenvalue weighted by Crippen LogP contribution is -2.56. The topological polar surface area (TPSA) is 30.3 Å². The van der Waals surface area contributed by atoms with Crippen molar-refractivity contribution in [3.05, 3.63) is 0 Å². The van der Waals surface area contributed by atoms with E-state index in [0.717, 1.165) is 25.0 Å². The second-order valence-electron chi connectivity index (χ2n) is 4.38. The first-order chi connectivity index (χ1) is 6.18. The summed E-state index contributed by atoms with van der Waals surface area (Å²) in [4.78, 5) is 4.83. The Balaban J connectivity index is 2.05. The molecule has 3 heteroatoms. The predicted octanol–water partition coefficient (Wildman–Crippen LogP) is 1.15. The molecule has 0 aromatic heterocycles. The van der Waals surface area contributed by atoms with Gasteiger partial charge in [-0.25, -0.2) is 0 Å². The summed E-state index contributed by atoms with van der Waals surface area (Å²) < 4.78 is 0. The Kier molecular flexibility index (Phi) is 2.28. The van der Waals surface area contributed by atoms with Gasteiger partial charge in [-0.3, -0.25) is 10.3 Å². The van der Waals surface area contributed by atoms with Crippen molar-refractivity contribution in [3.8, 4) is 0 Å². The van der Waals surface area contributed by atoms with E-state index in [1.807, 2.05) is 6.92 Å². The van der Waals surface area contributed by atoms with Gasteiger partial charge < -0.3 is 4.90 Å². The van der Waals surface area contributed by atoms with Crippen LogP contribution >= 0.6 is 0 Å². The minimum Gasteiger partial charge on any atom is -0.355 e. The zero-order valence-corrected chi connectivity index (χ0v) is 8.58. The van der Waals surface area contributed by atoms with E-state index in [1.165, 1.54) is 19.4 Å². The SMILES string of the molecule is CC(=N)N1CC2CCCN2CC1C. The number of piperazine rings is 1. The van der Waals surface area contributed by atoms with Crippen LogP contribution in [0.5, 0.6) is 0 Å². The molecule has 0 aromatic carbocycles. The number of hydrogen-bond acceptors (Lipinski definition) is 2. The van der Waals surface area contributed by atoms with Crippen LogP contribution in [0.2, 0.25) is 0 Å². The number of nitrogens with one attached hydrogen (secondary N) is 1. The lowest BCUT2D eigenvalue weighted by Gasteiger charge is -2.43. The highest BCUT2D eigenvalue weighted by Gasteiger charge is 2.34. The molecule has 2 aliphatic heterocycles. The Morgan fingerprint density at radius 1 is 1.38 bits per heavy atom. The molecule has 0 amide bonds. The summed E-state index contributed by atoms with van der Waals surface area (Å²) in [5.74, 6) is 0.735. The molecule has 74 valence electrons. The molecule has 13 heavy (non-hydrogen) atoms. The molecule has 2 fully saturated rings. The van der Waals surface area contributed by atoms with Crippen LogP contribution in [0.3, 0.4) is 0 Å². The Labute approximate surface area is 80.2 Å². The van der Waals surface area contributed by atoms with E-state index >= 15 is 0 Å². The van der Waals surface area contributed by atoms with Crippen LogP contribution in [0, 0.1) is 5.41 Å². The fraction of sp³-hybridized carbons (Fsp3) is 0.900. The van der Waals surface area contributed by atoms with Crippen molar-refractivity contribution >= 4 is 5.84 Å². The molecule has 0 radical (unpaired) electrons. The van der Waals surface area contributed by atoms with E-state index in [2.05, 4.69) is 16.7 Å². The molecule has 0 aliphatic carbocycles. The van der Waals surface area contributed by atoms with Gasteiger partial charge in [0.15, 0.2) is 0 Å². The fourth-order valence-corrected chi connectivity index (χ4v) is 2.65. The molecule has 2 aliphatic rings. The van der Waals surface area contributed by atoms with Gasteiger partial charge in [0.05, 0.1) is 5.84 Å². The van der Waals surface area contributed by atoms with Gasteiger partial charge in [0.2, 0.25) is 0 Å². The van der Waals surface area contributed by atoms with Gasteiger partial charge in [0.25, 0.3) is 0 Å². The van der Waals surface area contributed by atoms with Crippen molar-refractivity contribution in [1.29, 1.82) is 5.41 Å². The highest BCUT2D eigenvalue weighted by molar-refractivity contribution is 5.76. The maximum absolute atomic E-state index is 7.68. The Bertz CT molecular complexity index is 214. The van der Waals surface area contributed by atoms with E-state index in [4.69, 9.17) is 5.41 Å². The molecule has 0 saturated carbocycles. The number of amidine groups is 1. The van der Waals surface area contributed by atoms with Crippen molar-refractivity contribution in [2.24, 2.45) is 0 Å². The van der Waals surface area contributed by atoms with Gasteiger partial charge in [0, 0.05) is 25.2 Å². The summed E-state index contributed by atoms with van der Waals surface area (Å²) >= 11 is 0. The monoisotopic (exact) mass is 181 g/mol. The van der Waals surface area contributed by atoms with Gasteiger partial charge in [0.1, 0.15) is 0 Å². The largest absolute Gasteiger partial charge is 0.355 e. The molecular formula is C10H19N3. The molecule has 2 atom stereocenters. The van der Waals surface area contributed by atoms with Crippen LogP contribution in [0.15, 0.2) is 0 Å². The first-order valence-corrected chi connectivity index (χ1v) is 5.24. The second kappa shape index (κ2) is 3.29. The average Bonchev–Trinajstić information content (AvgIpc) is 2.48. The van der Waals surface area contributed by atoms with Crippen molar-refractivity contribution in [3.63, 3.8) is 0 Å². The van der Waals surface area contributed by atoms with Crippen LogP contribution in [-0.2, 0) is 0 Å². The van der Waals surface area contributed by atoms with Gasteiger partial charge in [-0.1, -0.05) is 0 Å². The third-order valence-corrected chi connectivity index (χ3v) is 3.37.